The second kappa shape index (κ2) is 11.5. The molecule has 0 aliphatic carbocycles. The minimum absolute atomic E-state index is 0.138. The van der Waals surface area contributed by atoms with E-state index in [-0.39, 0.29) is 5.75 Å². The van der Waals surface area contributed by atoms with Crippen molar-refractivity contribution in [2.24, 2.45) is 10.2 Å². The van der Waals surface area contributed by atoms with Gasteiger partial charge >= 0.3 is 18.3 Å². The molecule has 0 aliphatic rings. The quantitative estimate of drug-likeness (QED) is 0.123. The van der Waals surface area contributed by atoms with Gasteiger partial charge in [-0.1, -0.05) is 54.6 Å². The standard InChI is InChI=1S/C19H13N3O.CH4O3S.H2O6S2/c23-19-16-10-4-2-8-14(16)13-7-1-3-9-15(13)18(19)22-21-17-11-5-6-12-20-17;1-5(2,3)4;1-7(2,3)8(4,5)6/h1-12,23H;1H3,(H,2,3,4);(H,1,2,3)(H,4,5,6). The SMILES string of the molecule is CS(=O)(=O)O.O=S(=O)(O)S(=O)(=O)O.Oc1c(N=Nc2ccccn2)c2ccccc2c2ccccc12. The number of hydrogen-bond donors (Lipinski definition) is 4. The maximum atomic E-state index is 10.7. The Kier molecular flexibility index (Phi) is 9.14. The van der Waals surface area contributed by atoms with Crippen LogP contribution in [-0.2, 0) is 28.4 Å². The van der Waals surface area contributed by atoms with E-state index in [0.717, 1.165) is 21.5 Å². The van der Waals surface area contributed by atoms with E-state index in [2.05, 4.69) is 15.2 Å². The fourth-order valence-corrected chi connectivity index (χ4v) is 2.72. The Bertz CT molecular complexity index is 1690. The number of azo groups is 1. The average molecular weight is 558 g/mol. The van der Waals surface area contributed by atoms with Crippen LogP contribution in [0.4, 0.5) is 11.5 Å². The van der Waals surface area contributed by atoms with E-state index >= 15 is 0 Å². The number of fused-ring (bicyclic) bond motifs is 3. The Morgan fingerprint density at radius 3 is 1.50 bits per heavy atom. The summed E-state index contributed by atoms with van der Waals surface area (Å²) in [6.45, 7) is 0. The number of pyridine rings is 1. The van der Waals surface area contributed by atoms with E-state index < -0.39 is 28.4 Å². The van der Waals surface area contributed by atoms with Crippen LogP contribution in [0.1, 0.15) is 0 Å². The van der Waals surface area contributed by atoms with Gasteiger partial charge in [-0.2, -0.15) is 25.3 Å². The molecule has 1 heterocycles. The molecule has 0 fully saturated rings. The van der Waals surface area contributed by atoms with Gasteiger partial charge in [0.25, 0.3) is 10.1 Å². The van der Waals surface area contributed by atoms with E-state index in [0.29, 0.717) is 17.8 Å². The normalized spacial score (nSPS) is 12.0. The summed E-state index contributed by atoms with van der Waals surface area (Å²) >= 11 is 0. The van der Waals surface area contributed by atoms with Crippen molar-refractivity contribution in [2.45, 2.75) is 0 Å². The van der Waals surface area contributed by atoms with Gasteiger partial charge in [-0.05, 0) is 22.9 Å². The lowest BCUT2D eigenvalue weighted by molar-refractivity contribution is 0.460. The third-order valence-electron chi connectivity index (χ3n) is 4.05. The van der Waals surface area contributed by atoms with E-state index in [1.54, 1.807) is 12.3 Å². The molecule has 0 unspecified atom stereocenters. The van der Waals surface area contributed by atoms with Crippen LogP contribution >= 0.6 is 0 Å². The maximum absolute atomic E-state index is 10.7. The van der Waals surface area contributed by atoms with E-state index in [1.165, 1.54) is 0 Å². The lowest BCUT2D eigenvalue weighted by Crippen LogP contribution is -2.11. The molecule has 0 saturated heterocycles. The average Bonchev–Trinajstić information content (AvgIpc) is 2.78. The summed E-state index contributed by atoms with van der Waals surface area (Å²) in [6.07, 6.45) is 2.37. The number of rotatable bonds is 3. The molecule has 0 radical (unpaired) electrons. The molecule has 0 amide bonds. The molecule has 1 aromatic heterocycles. The Balaban J connectivity index is 0.000000293. The highest BCUT2D eigenvalue weighted by Crippen LogP contribution is 2.43. The van der Waals surface area contributed by atoms with Crippen LogP contribution in [0, 0.1) is 0 Å². The van der Waals surface area contributed by atoms with Crippen molar-refractivity contribution in [3.05, 3.63) is 72.9 Å². The molecule has 0 aliphatic heterocycles. The predicted octanol–water partition coefficient (Wildman–Crippen LogP) is 3.69. The van der Waals surface area contributed by atoms with Crippen LogP contribution in [0.15, 0.2) is 83.2 Å². The number of phenols is 1. The van der Waals surface area contributed by atoms with E-state index in [1.807, 2.05) is 60.7 Å². The zero-order valence-corrected chi connectivity index (χ0v) is 20.7. The molecule has 192 valence electrons. The van der Waals surface area contributed by atoms with Gasteiger partial charge in [0, 0.05) is 17.0 Å². The third-order valence-corrected chi connectivity index (χ3v) is 6.18. The molecule has 0 spiro atoms. The van der Waals surface area contributed by atoms with Crippen LogP contribution in [0.25, 0.3) is 21.5 Å². The van der Waals surface area contributed by atoms with Gasteiger partial charge < -0.3 is 5.11 Å². The van der Waals surface area contributed by atoms with Crippen LogP contribution in [0.3, 0.4) is 0 Å². The number of aromatic hydroxyl groups is 1. The van der Waals surface area contributed by atoms with Gasteiger partial charge in [0.2, 0.25) is 0 Å². The highest BCUT2D eigenvalue weighted by Gasteiger charge is 2.22. The Labute approximate surface area is 205 Å². The van der Waals surface area contributed by atoms with Crippen molar-refractivity contribution in [3.63, 3.8) is 0 Å². The fraction of sp³-hybridized carbons (Fsp3) is 0.0500. The zero-order valence-electron chi connectivity index (χ0n) is 18.2. The molecular weight excluding hydrogens is 538 g/mol. The number of phenolic OH excluding ortho intramolecular Hbond substituents is 1. The zero-order chi connectivity index (χ0) is 27.1. The Morgan fingerprint density at radius 1 is 0.639 bits per heavy atom. The third kappa shape index (κ3) is 8.29. The molecule has 4 rings (SSSR count). The highest BCUT2D eigenvalue weighted by atomic mass is 33.2. The van der Waals surface area contributed by atoms with Crippen molar-refractivity contribution in [2.75, 3.05) is 6.26 Å². The van der Waals surface area contributed by atoms with Crippen LogP contribution in [0.2, 0.25) is 0 Å². The molecule has 3 aromatic carbocycles. The molecule has 0 atom stereocenters. The first kappa shape index (κ1) is 28.7. The smallest absolute Gasteiger partial charge is 0.397 e. The van der Waals surface area contributed by atoms with Crippen LogP contribution in [0.5, 0.6) is 5.75 Å². The minimum atomic E-state index is -5.31. The van der Waals surface area contributed by atoms with Gasteiger partial charge in [-0.25, -0.2) is 4.98 Å². The lowest BCUT2D eigenvalue weighted by atomic mass is 9.99. The molecular formula is C20H19N3O10S3. The molecule has 0 bridgehead atoms. The number of aromatic nitrogens is 1. The van der Waals surface area contributed by atoms with E-state index in [4.69, 9.17) is 13.7 Å². The predicted molar refractivity (Wildman–Crippen MR) is 132 cm³/mol. The van der Waals surface area contributed by atoms with Gasteiger partial charge in [0.05, 0.1) is 6.26 Å². The summed E-state index contributed by atoms with van der Waals surface area (Å²) in [4.78, 5) is 4.12. The first-order valence-corrected chi connectivity index (χ1v) is 14.7. The Morgan fingerprint density at radius 2 is 1.06 bits per heavy atom. The summed E-state index contributed by atoms with van der Waals surface area (Å²) in [7, 11) is -14.3. The van der Waals surface area contributed by atoms with Gasteiger partial charge in [0.1, 0.15) is 5.69 Å². The largest absolute Gasteiger partial charge is 0.505 e. The maximum Gasteiger partial charge on any atom is 0.397 e. The second-order valence-electron chi connectivity index (χ2n) is 6.76. The van der Waals surface area contributed by atoms with Crippen molar-refractivity contribution in [1.29, 1.82) is 0 Å². The minimum Gasteiger partial charge on any atom is -0.505 e. The summed E-state index contributed by atoms with van der Waals surface area (Å²) in [6, 6.07) is 21.0. The van der Waals surface area contributed by atoms with Gasteiger partial charge in [0.15, 0.2) is 11.6 Å². The van der Waals surface area contributed by atoms with Crippen molar-refractivity contribution < 1.29 is 44.0 Å². The van der Waals surface area contributed by atoms with Crippen molar-refractivity contribution in [1.82, 2.24) is 4.98 Å². The summed E-state index contributed by atoms with van der Waals surface area (Å²) in [5.74, 6) is 0.642. The topological polar surface area (TPSA) is 221 Å². The van der Waals surface area contributed by atoms with Crippen LogP contribution in [-0.4, -0.2) is 55.3 Å². The molecule has 0 saturated carbocycles. The molecule has 4 N–H and O–H groups in total. The van der Waals surface area contributed by atoms with E-state index in [9.17, 15) is 30.4 Å². The molecule has 4 aromatic rings. The van der Waals surface area contributed by atoms with Gasteiger partial charge in [-0.15, -0.1) is 10.2 Å². The monoisotopic (exact) mass is 557 g/mol. The first-order chi connectivity index (χ1) is 16.6. The number of nitrogens with zero attached hydrogens (tertiary/aromatic N) is 3. The van der Waals surface area contributed by atoms with Crippen molar-refractivity contribution >= 4 is 61.5 Å². The first-order valence-electron chi connectivity index (χ1n) is 9.42. The lowest BCUT2D eigenvalue weighted by Gasteiger charge is -2.09. The second-order valence-corrected chi connectivity index (χ2v) is 12.5. The summed E-state index contributed by atoms with van der Waals surface area (Å²) < 4.78 is 78.3. The van der Waals surface area contributed by atoms with Crippen molar-refractivity contribution in [3.8, 4) is 5.75 Å². The number of hydrogen-bond acceptors (Lipinski definition) is 10. The van der Waals surface area contributed by atoms with Crippen LogP contribution < -0.4 is 0 Å². The Hall–Kier alpha value is -3.54. The summed E-state index contributed by atoms with van der Waals surface area (Å²) in [5, 5.41) is 22.7. The molecule has 16 heteroatoms. The van der Waals surface area contributed by atoms with Gasteiger partial charge in [-0.3, -0.25) is 13.7 Å². The fourth-order valence-electron chi connectivity index (χ4n) is 2.72. The molecule has 13 nitrogen and oxygen atoms in total. The molecule has 36 heavy (non-hydrogen) atoms. The number of benzene rings is 3. The summed E-state index contributed by atoms with van der Waals surface area (Å²) in [5.41, 5.74) is 0.463. The highest BCUT2D eigenvalue weighted by molar-refractivity contribution is 8.62.